The molecule has 0 aromatic heterocycles. The predicted molar refractivity (Wildman–Crippen MR) is 70.4 cm³/mol. The Morgan fingerprint density at radius 3 is 1.19 bits per heavy atom. The van der Waals surface area contributed by atoms with Gasteiger partial charge in [0.25, 0.3) is 0 Å². The lowest BCUT2D eigenvalue weighted by molar-refractivity contribution is -0.352. The second kappa shape index (κ2) is 6.28. The van der Waals surface area contributed by atoms with Crippen LogP contribution in [-0.4, -0.2) is 72.6 Å². The van der Waals surface area contributed by atoms with Gasteiger partial charge in [-0.3, -0.25) is 0 Å². The van der Waals surface area contributed by atoms with E-state index >= 15 is 0 Å². The summed E-state index contributed by atoms with van der Waals surface area (Å²) in [5, 5.41) is -5.30. The summed E-state index contributed by atoms with van der Waals surface area (Å²) < 4.78 is 86.3. The maximum Gasteiger partial charge on any atom is 0.457 e. The molecule has 21 heavy (non-hydrogen) atoms. The zero-order chi connectivity index (χ0) is 17.4. The summed E-state index contributed by atoms with van der Waals surface area (Å²) >= 11 is 4.35. The number of rotatable bonds is 6. The number of nitrogens with zero attached hydrogens (tertiary/aromatic N) is 3. The third-order valence-corrected chi connectivity index (χ3v) is 5.93. The van der Waals surface area contributed by atoms with Gasteiger partial charge in [-0.15, -0.1) is 0 Å². The Labute approximate surface area is 126 Å². The summed E-state index contributed by atoms with van der Waals surface area (Å²) in [5.41, 5.74) is 0. The Morgan fingerprint density at radius 1 is 0.762 bits per heavy atom. The van der Waals surface area contributed by atoms with Gasteiger partial charge in [0.2, 0.25) is 0 Å². The van der Waals surface area contributed by atoms with Crippen LogP contribution in [0.3, 0.4) is 0 Å². The standard InChI is InChI=1S/C9H18ClF6N3OS/c1-17(2)21(18(3)4,19(5)6)20-7(11,8(10,12)13)9(14,15)16/h1-6H3. The van der Waals surface area contributed by atoms with Gasteiger partial charge in [0.15, 0.2) is 0 Å². The van der Waals surface area contributed by atoms with Gasteiger partial charge >= 0.3 is 17.4 Å². The highest BCUT2D eigenvalue weighted by molar-refractivity contribution is 8.23. The van der Waals surface area contributed by atoms with Crippen molar-refractivity contribution in [2.24, 2.45) is 0 Å². The van der Waals surface area contributed by atoms with Gasteiger partial charge in [-0.2, -0.15) is 26.3 Å². The number of alkyl halides is 7. The highest BCUT2D eigenvalue weighted by Crippen LogP contribution is 2.62. The molecule has 0 aliphatic heterocycles. The lowest BCUT2D eigenvalue weighted by Gasteiger charge is -2.55. The lowest BCUT2D eigenvalue weighted by atomic mass is 10.3. The van der Waals surface area contributed by atoms with Crippen LogP contribution in [0.25, 0.3) is 0 Å². The SMILES string of the molecule is CN(C)S(OC(F)(C(F)(F)F)C(F)(F)Cl)(N(C)C)N(C)C. The molecule has 130 valence electrons. The molecule has 0 aliphatic rings. The molecule has 0 aliphatic carbocycles. The van der Waals surface area contributed by atoms with Crippen molar-refractivity contribution in [3.05, 3.63) is 0 Å². The average Bonchev–Trinajstić information content (AvgIpc) is 2.20. The Bertz CT molecular complexity index is 325. The highest BCUT2D eigenvalue weighted by Gasteiger charge is 2.75. The van der Waals surface area contributed by atoms with Crippen LogP contribution in [0.4, 0.5) is 26.3 Å². The molecule has 1 atom stereocenters. The number of hydrogen-bond acceptors (Lipinski definition) is 4. The van der Waals surface area contributed by atoms with Crippen LogP contribution < -0.4 is 0 Å². The van der Waals surface area contributed by atoms with Crippen molar-refractivity contribution in [2.45, 2.75) is 17.4 Å². The molecule has 0 bridgehead atoms. The fourth-order valence-corrected chi connectivity index (χ4v) is 4.72. The van der Waals surface area contributed by atoms with Crippen molar-refractivity contribution < 1.29 is 30.5 Å². The van der Waals surface area contributed by atoms with Gasteiger partial charge in [-0.05, 0) is 53.9 Å². The van der Waals surface area contributed by atoms with Gasteiger partial charge in [-0.1, -0.05) is 0 Å². The topological polar surface area (TPSA) is 19.0 Å². The van der Waals surface area contributed by atoms with Crippen LogP contribution in [0.2, 0.25) is 0 Å². The average molecular weight is 366 g/mol. The number of halogens is 7. The molecule has 12 heteroatoms. The van der Waals surface area contributed by atoms with Crippen LogP contribution in [0.5, 0.6) is 0 Å². The minimum atomic E-state index is -6.03. The summed E-state index contributed by atoms with van der Waals surface area (Å²) in [6.45, 7) is 0. The second-order valence-electron chi connectivity index (χ2n) is 4.58. The summed E-state index contributed by atoms with van der Waals surface area (Å²) in [6.07, 6.45) is -6.03. The molecule has 0 amide bonds. The quantitative estimate of drug-likeness (QED) is 0.531. The highest BCUT2D eigenvalue weighted by atomic mass is 35.5. The first-order valence-corrected chi connectivity index (χ1v) is 7.23. The van der Waals surface area contributed by atoms with Crippen molar-refractivity contribution >= 4 is 22.5 Å². The third kappa shape index (κ3) is 3.70. The van der Waals surface area contributed by atoms with Gasteiger partial charge in [-0.25, -0.2) is 17.1 Å². The van der Waals surface area contributed by atoms with Gasteiger partial charge in [0.05, 0.1) is 10.9 Å². The monoisotopic (exact) mass is 365 g/mol. The molecule has 0 heterocycles. The summed E-state index contributed by atoms with van der Waals surface area (Å²) in [7, 11) is 4.33. The van der Waals surface area contributed by atoms with Crippen LogP contribution in [-0.2, 0) is 4.18 Å². The first-order valence-electron chi connectivity index (χ1n) is 5.42. The largest absolute Gasteiger partial charge is 0.457 e. The molecule has 0 saturated carbocycles. The van der Waals surface area contributed by atoms with Gasteiger partial charge < -0.3 is 0 Å². The first-order chi connectivity index (χ1) is 9.04. The molecule has 1 unspecified atom stereocenters. The molecule has 0 spiro atoms. The zero-order valence-corrected chi connectivity index (χ0v) is 13.9. The van der Waals surface area contributed by atoms with E-state index in [0.717, 1.165) is 12.9 Å². The first kappa shape index (κ1) is 21.1. The maximum atomic E-state index is 14.1. The molecule has 0 rings (SSSR count). The predicted octanol–water partition coefficient (Wildman–Crippen LogP) is 3.21. The van der Waals surface area contributed by atoms with E-state index in [1.165, 1.54) is 42.3 Å². The molecule has 0 aromatic rings. The summed E-state index contributed by atoms with van der Waals surface area (Å²) in [4.78, 5) is 0. The molecule has 4 nitrogen and oxygen atoms in total. The molecular formula is C9H18ClF6N3OS. The molecule has 0 saturated heterocycles. The Hall–Kier alpha value is 0.0600. The van der Waals surface area contributed by atoms with E-state index < -0.39 is 28.3 Å². The van der Waals surface area contributed by atoms with Crippen molar-refractivity contribution in [2.75, 3.05) is 42.3 Å². The molecule has 0 aromatic carbocycles. The third-order valence-electron chi connectivity index (χ3n) is 2.38. The van der Waals surface area contributed by atoms with Crippen LogP contribution >= 0.6 is 22.5 Å². The van der Waals surface area contributed by atoms with E-state index in [4.69, 9.17) is 0 Å². The summed E-state index contributed by atoms with van der Waals surface area (Å²) in [5.74, 6) is -5.35. The lowest BCUT2D eigenvalue weighted by Crippen LogP contribution is -2.58. The summed E-state index contributed by atoms with van der Waals surface area (Å²) in [6, 6.07) is 0. The Kier molecular flexibility index (Phi) is 6.30. The fourth-order valence-electron chi connectivity index (χ4n) is 1.61. The van der Waals surface area contributed by atoms with E-state index in [1.807, 2.05) is 0 Å². The number of hydrogen-bond donors (Lipinski definition) is 0. The molecule has 0 radical (unpaired) electrons. The molecular weight excluding hydrogens is 348 g/mol. The zero-order valence-electron chi connectivity index (χ0n) is 12.3. The maximum absolute atomic E-state index is 14.1. The van der Waals surface area contributed by atoms with Crippen LogP contribution in [0.15, 0.2) is 0 Å². The minimum absolute atomic E-state index is 1.08. The molecule has 0 fully saturated rings. The fraction of sp³-hybridized carbons (Fsp3) is 1.00. The van der Waals surface area contributed by atoms with Crippen molar-refractivity contribution in [3.8, 4) is 0 Å². The van der Waals surface area contributed by atoms with Crippen LogP contribution in [0, 0.1) is 0 Å². The van der Waals surface area contributed by atoms with E-state index in [0.29, 0.717) is 0 Å². The van der Waals surface area contributed by atoms with Gasteiger partial charge in [0.1, 0.15) is 0 Å². The van der Waals surface area contributed by atoms with E-state index in [2.05, 4.69) is 15.8 Å². The Morgan fingerprint density at radius 2 is 1.05 bits per heavy atom. The van der Waals surface area contributed by atoms with E-state index in [9.17, 15) is 26.3 Å². The van der Waals surface area contributed by atoms with Crippen molar-refractivity contribution in [1.82, 2.24) is 12.9 Å². The minimum Gasteiger partial charge on any atom is -0.243 e. The Balaban J connectivity index is 6.11. The van der Waals surface area contributed by atoms with E-state index in [1.54, 1.807) is 0 Å². The second-order valence-corrected chi connectivity index (χ2v) is 8.35. The van der Waals surface area contributed by atoms with Crippen molar-refractivity contribution in [3.63, 3.8) is 0 Å². The smallest absolute Gasteiger partial charge is 0.243 e. The van der Waals surface area contributed by atoms with Crippen LogP contribution in [0.1, 0.15) is 0 Å². The van der Waals surface area contributed by atoms with E-state index in [-0.39, 0.29) is 0 Å². The van der Waals surface area contributed by atoms with Gasteiger partial charge in [0, 0.05) is 0 Å². The van der Waals surface area contributed by atoms with Crippen molar-refractivity contribution in [1.29, 1.82) is 0 Å². The molecule has 0 N–H and O–H groups in total. The normalized spacial score (nSPS) is 18.5.